The largest absolute Gasteiger partial charge is 0.460 e. The van der Waals surface area contributed by atoms with Crippen LogP contribution in [0.5, 0.6) is 0 Å². The van der Waals surface area contributed by atoms with Crippen LogP contribution in [0.3, 0.4) is 0 Å². The normalized spacial score (nSPS) is 10.7. The molecular formula is C15H12ClN3O. The lowest BCUT2D eigenvalue weighted by atomic mass is 10.1. The van der Waals surface area contributed by atoms with Crippen molar-refractivity contribution < 1.29 is 4.42 Å². The van der Waals surface area contributed by atoms with Gasteiger partial charge in [0, 0.05) is 10.6 Å². The molecule has 0 saturated heterocycles. The molecule has 100 valence electrons. The number of anilines is 1. The summed E-state index contributed by atoms with van der Waals surface area (Å²) in [5, 5.41) is 0.648. The summed E-state index contributed by atoms with van der Waals surface area (Å²) in [4.78, 5) is 8.45. The van der Waals surface area contributed by atoms with Crippen LogP contribution in [-0.4, -0.2) is 9.97 Å². The molecule has 5 heteroatoms. The van der Waals surface area contributed by atoms with Crippen molar-refractivity contribution in [2.45, 2.75) is 6.92 Å². The Morgan fingerprint density at radius 3 is 2.55 bits per heavy atom. The van der Waals surface area contributed by atoms with E-state index in [2.05, 4.69) is 9.97 Å². The van der Waals surface area contributed by atoms with Crippen molar-refractivity contribution in [1.29, 1.82) is 0 Å². The van der Waals surface area contributed by atoms with Crippen molar-refractivity contribution in [3.05, 3.63) is 53.2 Å². The van der Waals surface area contributed by atoms with Crippen molar-refractivity contribution in [3.8, 4) is 22.7 Å². The summed E-state index contributed by atoms with van der Waals surface area (Å²) in [6.45, 7) is 1.88. The SMILES string of the molecule is Cc1ccc(-c2cc(-c3cccc(Cl)c3)nc(N)n2)o1. The van der Waals surface area contributed by atoms with Gasteiger partial charge in [0.15, 0.2) is 5.76 Å². The molecule has 2 heterocycles. The highest BCUT2D eigenvalue weighted by Gasteiger charge is 2.10. The number of rotatable bonds is 2. The van der Waals surface area contributed by atoms with Gasteiger partial charge in [-0.25, -0.2) is 9.97 Å². The second-order valence-electron chi connectivity index (χ2n) is 4.42. The topological polar surface area (TPSA) is 64.9 Å². The van der Waals surface area contributed by atoms with E-state index in [4.69, 9.17) is 21.8 Å². The molecule has 3 aromatic rings. The fraction of sp³-hybridized carbons (Fsp3) is 0.0667. The number of nitrogens with zero attached hydrogens (tertiary/aromatic N) is 2. The summed E-state index contributed by atoms with van der Waals surface area (Å²) in [5.74, 6) is 1.69. The first-order chi connectivity index (χ1) is 9.61. The van der Waals surface area contributed by atoms with Gasteiger partial charge in [-0.1, -0.05) is 23.7 Å². The molecule has 0 unspecified atom stereocenters. The molecule has 20 heavy (non-hydrogen) atoms. The molecule has 0 radical (unpaired) electrons. The third kappa shape index (κ3) is 2.51. The monoisotopic (exact) mass is 285 g/mol. The van der Waals surface area contributed by atoms with E-state index in [1.807, 2.05) is 49.4 Å². The van der Waals surface area contributed by atoms with Crippen LogP contribution in [-0.2, 0) is 0 Å². The van der Waals surface area contributed by atoms with Crippen LogP contribution in [0.2, 0.25) is 5.02 Å². The predicted octanol–water partition coefficient (Wildman–Crippen LogP) is 3.95. The zero-order valence-electron chi connectivity index (χ0n) is 10.8. The Bertz CT molecular complexity index is 767. The highest BCUT2D eigenvalue weighted by Crippen LogP contribution is 2.27. The van der Waals surface area contributed by atoms with E-state index in [1.54, 1.807) is 0 Å². The lowest BCUT2D eigenvalue weighted by Gasteiger charge is -2.05. The third-order valence-electron chi connectivity index (χ3n) is 2.86. The molecule has 0 saturated carbocycles. The number of nitrogens with two attached hydrogens (primary N) is 1. The van der Waals surface area contributed by atoms with Gasteiger partial charge in [-0.3, -0.25) is 0 Å². The average Bonchev–Trinajstić information content (AvgIpc) is 2.85. The van der Waals surface area contributed by atoms with Crippen LogP contribution in [0.4, 0.5) is 5.95 Å². The number of furan rings is 1. The van der Waals surface area contributed by atoms with E-state index >= 15 is 0 Å². The summed E-state index contributed by atoms with van der Waals surface area (Å²) in [5.41, 5.74) is 8.03. The van der Waals surface area contributed by atoms with Gasteiger partial charge in [-0.05, 0) is 37.3 Å². The number of nitrogen functional groups attached to an aromatic ring is 1. The highest BCUT2D eigenvalue weighted by molar-refractivity contribution is 6.30. The highest BCUT2D eigenvalue weighted by atomic mass is 35.5. The van der Waals surface area contributed by atoms with Gasteiger partial charge in [0.25, 0.3) is 0 Å². The van der Waals surface area contributed by atoms with Gasteiger partial charge in [0.05, 0.1) is 5.69 Å². The number of hydrogen-bond donors (Lipinski definition) is 1. The van der Waals surface area contributed by atoms with E-state index in [1.165, 1.54) is 0 Å². The van der Waals surface area contributed by atoms with E-state index in [0.29, 0.717) is 22.2 Å². The second-order valence-corrected chi connectivity index (χ2v) is 4.85. The van der Waals surface area contributed by atoms with Gasteiger partial charge < -0.3 is 10.2 Å². The van der Waals surface area contributed by atoms with Gasteiger partial charge in [0.2, 0.25) is 5.95 Å². The minimum absolute atomic E-state index is 0.200. The van der Waals surface area contributed by atoms with Crippen LogP contribution < -0.4 is 5.73 Å². The number of benzene rings is 1. The molecule has 2 N–H and O–H groups in total. The molecule has 0 aliphatic carbocycles. The Kier molecular flexibility index (Phi) is 3.16. The third-order valence-corrected chi connectivity index (χ3v) is 3.09. The molecule has 3 rings (SSSR count). The van der Waals surface area contributed by atoms with Crippen molar-refractivity contribution >= 4 is 17.5 Å². The summed E-state index contributed by atoms with van der Waals surface area (Å²) in [6, 6.07) is 13.0. The minimum Gasteiger partial charge on any atom is -0.460 e. The fourth-order valence-electron chi connectivity index (χ4n) is 1.96. The Labute approximate surface area is 121 Å². The zero-order valence-corrected chi connectivity index (χ0v) is 11.6. The summed E-state index contributed by atoms with van der Waals surface area (Å²) < 4.78 is 5.57. The zero-order chi connectivity index (χ0) is 14.1. The van der Waals surface area contributed by atoms with Gasteiger partial charge >= 0.3 is 0 Å². The molecule has 0 bridgehead atoms. The molecule has 0 spiro atoms. The lowest BCUT2D eigenvalue weighted by Crippen LogP contribution is -1.98. The molecule has 0 aliphatic heterocycles. The summed E-state index contributed by atoms with van der Waals surface area (Å²) in [6.07, 6.45) is 0. The van der Waals surface area contributed by atoms with E-state index in [-0.39, 0.29) is 5.95 Å². The molecule has 0 atom stereocenters. The molecule has 4 nitrogen and oxygen atoms in total. The molecule has 0 amide bonds. The molecule has 0 fully saturated rings. The second kappa shape index (κ2) is 4.98. The van der Waals surface area contributed by atoms with Crippen LogP contribution in [0.1, 0.15) is 5.76 Å². The van der Waals surface area contributed by atoms with Gasteiger partial charge in [-0.15, -0.1) is 0 Å². The molecular weight excluding hydrogens is 274 g/mol. The predicted molar refractivity (Wildman–Crippen MR) is 79.3 cm³/mol. The van der Waals surface area contributed by atoms with E-state index in [9.17, 15) is 0 Å². The number of aromatic nitrogens is 2. The summed E-state index contributed by atoms with van der Waals surface area (Å²) in [7, 11) is 0. The molecule has 1 aromatic carbocycles. The van der Waals surface area contributed by atoms with Crippen molar-refractivity contribution in [2.24, 2.45) is 0 Å². The smallest absolute Gasteiger partial charge is 0.221 e. The first-order valence-electron chi connectivity index (χ1n) is 6.09. The Morgan fingerprint density at radius 2 is 1.85 bits per heavy atom. The standard InChI is InChI=1S/C15H12ClN3O/c1-9-5-6-14(20-9)13-8-12(18-15(17)19-13)10-3-2-4-11(16)7-10/h2-8H,1H3,(H2,17,18,19). The van der Waals surface area contributed by atoms with Gasteiger partial charge in [-0.2, -0.15) is 0 Å². The Balaban J connectivity index is 2.11. The Morgan fingerprint density at radius 1 is 1.05 bits per heavy atom. The molecule has 0 aliphatic rings. The first kappa shape index (κ1) is 12.7. The maximum atomic E-state index is 6.00. The van der Waals surface area contributed by atoms with Crippen LogP contribution >= 0.6 is 11.6 Å². The number of aryl methyl sites for hydroxylation is 1. The van der Waals surface area contributed by atoms with Crippen LogP contribution in [0, 0.1) is 6.92 Å². The molecule has 2 aromatic heterocycles. The van der Waals surface area contributed by atoms with Crippen LogP contribution in [0.25, 0.3) is 22.7 Å². The maximum Gasteiger partial charge on any atom is 0.221 e. The lowest BCUT2D eigenvalue weighted by molar-refractivity contribution is 0.546. The number of halogens is 1. The van der Waals surface area contributed by atoms with E-state index < -0.39 is 0 Å². The quantitative estimate of drug-likeness (QED) is 0.774. The van der Waals surface area contributed by atoms with Gasteiger partial charge in [0.1, 0.15) is 11.5 Å². The van der Waals surface area contributed by atoms with Crippen molar-refractivity contribution in [1.82, 2.24) is 9.97 Å². The van der Waals surface area contributed by atoms with Crippen molar-refractivity contribution in [3.63, 3.8) is 0 Å². The first-order valence-corrected chi connectivity index (χ1v) is 6.47. The summed E-state index contributed by atoms with van der Waals surface area (Å²) >= 11 is 6.00. The fourth-order valence-corrected chi connectivity index (χ4v) is 2.15. The Hall–Kier alpha value is -2.33. The average molecular weight is 286 g/mol. The van der Waals surface area contributed by atoms with E-state index in [0.717, 1.165) is 11.3 Å². The minimum atomic E-state index is 0.200. The maximum absolute atomic E-state index is 6.00. The van der Waals surface area contributed by atoms with Crippen molar-refractivity contribution in [2.75, 3.05) is 5.73 Å². The number of hydrogen-bond acceptors (Lipinski definition) is 4. The van der Waals surface area contributed by atoms with Crippen LogP contribution in [0.15, 0.2) is 46.9 Å².